The van der Waals surface area contributed by atoms with Gasteiger partial charge < -0.3 is 15.2 Å². The first kappa shape index (κ1) is 18.0. The molecule has 0 atom stereocenters. The fourth-order valence-electron chi connectivity index (χ4n) is 3.18. The summed E-state index contributed by atoms with van der Waals surface area (Å²) in [6, 6.07) is 11.7. The monoisotopic (exact) mass is 352 g/mol. The first-order valence-corrected chi connectivity index (χ1v) is 8.97. The van der Waals surface area contributed by atoms with Gasteiger partial charge in [-0.15, -0.1) is 0 Å². The summed E-state index contributed by atoms with van der Waals surface area (Å²) in [6.07, 6.45) is 3.68. The molecule has 1 aliphatic heterocycles. The van der Waals surface area contributed by atoms with Crippen molar-refractivity contribution >= 4 is 5.82 Å². The lowest BCUT2D eigenvalue weighted by atomic mass is 10.0. The van der Waals surface area contributed by atoms with Gasteiger partial charge in [0, 0.05) is 31.9 Å². The minimum Gasteiger partial charge on any atom is -0.504 e. The molecule has 0 amide bonds. The molecule has 0 radical (unpaired) electrons. The summed E-state index contributed by atoms with van der Waals surface area (Å²) in [5, 5.41) is 22.1. The molecule has 2 heterocycles. The highest BCUT2D eigenvalue weighted by atomic mass is 16.5. The number of likely N-dealkylation sites (tertiary alicyclic amines) is 1. The van der Waals surface area contributed by atoms with Gasteiger partial charge in [-0.3, -0.25) is 4.90 Å². The van der Waals surface area contributed by atoms with Gasteiger partial charge >= 0.3 is 0 Å². The molecule has 6 heteroatoms. The van der Waals surface area contributed by atoms with Gasteiger partial charge in [0.05, 0.1) is 12.2 Å². The van der Waals surface area contributed by atoms with Crippen molar-refractivity contribution in [3.63, 3.8) is 0 Å². The summed E-state index contributed by atoms with van der Waals surface area (Å²) in [5.74, 6) is 1.56. The van der Waals surface area contributed by atoms with Gasteiger partial charge in [-0.1, -0.05) is 6.07 Å². The standard InChI is InChI=1S/C20H24N4O2/c1-2-26-19-11-15(3-5-18(19)25)14-24-9-7-17(8-10-24)23-20-6-4-16(12-21)13-22-20/h3-6,11,13,17,25H,2,7-10,14H2,1H3,(H,22,23). The van der Waals surface area contributed by atoms with Crippen molar-refractivity contribution in [2.75, 3.05) is 25.0 Å². The number of hydrogen-bond donors (Lipinski definition) is 2. The molecule has 0 spiro atoms. The molecule has 2 aromatic rings. The van der Waals surface area contributed by atoms with E-state index < -0.39 is 0 Å². The second-order valence-electron chi connectivity index (χ2n) is 6.47. The topological polar surface area (TPSA) is 81.4 Å². The van der Waals surface area contributed by atoms with Gasteiger partial charge in [0.15, 0.2) is 11.5 Å². The molecule has 1 aromatic heterocycles. The van der Waals surface area contributed by atoms with Crippen molar-refractivity contribution in [3.05, 3.63) is 47.7 Å². The van der Waals surface area contributed by atoms with Crippen LogP contribution in [0.5, 0.6) is 11.5 Å². The number of aromatic hydroxyl groups is 1. The highest BCUT2D eigenvalue weighted by Crippen LogP contribution is 2.28. The lowest BCUT2D eigenvalue weighted by Gasteiger charge is -2.32. The van der Waals surface area contributed by atoms with E-state index in [9.17, 15) is 5.11 Å². The summed E-state index contributed by atoms with van der Waals surface area (Å²) < 4.78 is 5.46. The molecule has 3 rings (SSSR count). The number of phenolic OH excluding ortho intramolecular Hbond substituents is 1. The van der Waals surface area contributed by atoms with Gasteiger partial charge in [-0.05, 0) is 49.6 Å². The van der Waals surface area contributed by atoms with Gasteiger partial charge in [0.2, 0.25) is 0 Å². The van der Waals surface area contributed by atoms with Crippen LogP contribution in [0.25, 0.3) is 0 Å². The van der Waals surface area contributed by atoms with E-state index in [1.165, 1.54) is 0 Å². The van der Waals surface area contributed by atoms with Crippen molar-refractivity contribution in [1.29, 1.82) is 5.26 Å². The van der Waals surface area contributed by atoms with Crippen LogP contribution < -0.4 is 10.1 Å². The number of rotatable bonds is 6. The SMILES string of the molecule is CCOc1cc(CN2CCC(Nc3ccc(C#N)cn3)CC2)ccc1O. The predicted molar refractivity (Wildman–Crippen MR) is 100 cm³/mol. The Morgan fingerprint density at radius 1 is 1.31 bits per heavy atom. The molecule has 136 valence electrons. The van der Waals surface area contributed by atoms with Crippen LogP contribution in [0.1, 0.15) is 30.9 Å². The molecule has 0 unspecified atom stereocenters. The van der Waals surface area contributed by atoms with Crippen LogP contribution in [-0.2, 0) is 6.54 Å². The molecule has 0 saturated carbocycles. The first-order chi connectivity index (χ1) is 12.7. The number of anilines is 1. The van der Waals surface area contributed by atoms with E-state index in [1.54, 1.807) is 18.3 Å². The normalized spacial score (nSPS) is 15.4. The summed E-state index contributed by atoms with van der Waals surface area (Å²) in [7, 11) is 0. The molecular weight excluding hydrogens is 328 g/mol. The van der Waals surface area contributed by atoms with E-state index in [1.807, 2.05) is 25.1 Å². The predicted octanol–water partition coefficient (Wildman–Crippen LogP) is 3.13. The Labute approximate surface area is 154 Å². The fourth-order valence-corrected chi connectivity index (χ4v) is 3.18. The van der Waals surface area contributed by atoms with E-state index >= 15 is 0 Å². The van der Waals surface area contributed by atoms with Gasteiger partial charge in [0.25, 0.3) is 0 Å². The van der Waals surface area contributed by atoms with Crippen LogP contribution in [-0.4, -0.2) is 40.7 Å². The lowest BCUT2D eigenvalue weighted by Crippen LogP contribution is -2.38. The quantitative estimate of drug-likeness (QED) is 0.831. The third-order valence-corrected chi connectivity index (χ3v) is 4.56. The minimum atomic E-state index is 0.188. The fraction of sp³-hybridized carbons (Fsp3) is 0.400. The van der Waals surface area contributed by atoms with Gasteiger partial charge in [0.1, 0.15) is 11.9 Å². The summed E-state index contributed by atoms with van der Waals surface area (Å²) in [4.78, 5) is 6.69. The zero-order chi connectivity index (χ0) is 18.4. The third-order valence-electron chi connectivity index (χ3n) is 4.56. The van der Waals surface area contributed by atoms with E-state index in [-0.39, 0.29) is 5.75 Å². The maximum atomic E-state index is 9.81. The van der Waals surface area contributed by atoms with Crippen molar-refractivity contribution in [2.45, 2.75) is 32.4 Å². The second kappa shape index (κ2) is 8.54. The number of hydrogen-bond acceptors (Lipinski definition) is 6. The summed E-state index contributed by atoms with van der Waals surface area (Å²) >= 11 is 0. The molecule has 6 nitrogen and oxygen atoms in total. The number of piperidine rings is 1. The minimum absolute atomic E-state index is 0.188. The third kappa shape index (κ3) is 4.64. The maximum Gasteiger partial charge on any atom is 0.161 e. The molecule has 26 heavy (non-hydrogen) atoms. The summed E-state index contributed by atoms with van der Waals surface area (Å²) in [6.45, 7) is 5.30. The second-order valence-corrected chi connectivity index (χ2v) is 6.47. The number of nitriles is 1. The van der Waals surface area contributed by atoms with Crippen molar-refractivity contribution < 1.29 is 9.84 Å². The van der Waals surface area contributed by atoms with Crippen LogP contribution in [0.3, 0.4) is 0 Å². The Hall–Kier alpha value is -2.78. The zero-order valence-electron chi connectivity index (χ0n) is 15.0. The molecule has 2 N–H and O–H groups in total. The van der Waals surface area contributed by atoms with Crippen molar-refractivity contribution in [1.82, 2.24) is 9.88 Å². The average molecular weight is 352 g/mol. The molecule has 1 fully saturated rings. The zero-order valence-corrected chi connectivity index (χ0v) is 15.0. The molecule has 0 bridgehead atoms. The Kier molecular flexibility index (Phi) is 5.92. The maximum absolute atomic E-state index is 9.81. The van der Waals surface area contributed by atoms with E-state index in [4.69, 9.17) is 10.00 Å². The molecule has 1 aromatic carbocycles. The Morgan fingerprint density at radius 3 is 2.77 bits per heavy atom. The largest absolute Gasteiger partial charge is 0.504 e. The molecule has 1 saturated heterocycles. The van der Waals surface area contributed by atoms with Crippen LogP contribution in [0.2, 0.25) is 0 Å². The summed E-state index contributed by atoms with van der Waals surface area (Å²) in [5.41, 5.74) is 1.72. The Morgan fingerprint density at radius 2 is 2.12 bits per heavy atom. The van der Waals surface area contributed by atoms with E-state index in [0.717, 1.165) is 43.9 Å². The Balaban J connectivity index is 1.50. The highest BCUT2D eigenvalue weighted by molar-refractivity contribution is 5.42. The van der Waals surface area contributed by atoms with Crippen molar-refractivity contribution in [2.24, 2.45) is 0 Å². The van der Waals surface area contributed by atoms with Crippen LogP contribution in [0.15, 0.2) is 36.5 Å². The van der Waals surface area contributed by atoms with Crippen LogP contribution in [0, 0.1) is 11.3 Å². The number of aromatic nitrogens is 1. The van der Waals surface area contributed by atoms with Crippen LogP contribution in [0.4, 0.5) is 5.82 Å². The van der Waals surface area contributed by atoms with Gasteiger partial charge in [-0.2, -0.15) is 5.26 Å². The lowest BCUT2D eigenvalue weighted by molar-refractivity contribution is 0.210. The van der Waals surface area contributed by atoms with Gasteiger partial charge in [-0.25, -0.2) is 4.98 Å². The number of benzene rings is 1. The first-order valence-electron chi connectivity index (χ1n) is 8.97. The van der Waals surface area contributed by atoms with E-state index in [2.05, 4.69) is 21.3 Å². The number of nitrogens with zero attached hydrogens (tertiary/aromatic N) is 3. The Bertz CT molecular complexity index is 762. The van der Waals surface area contributed by atoms with Crippen LogP contribution >= 0.6 is 0 Å². The van der Waals surface area contributed by atoms with E-state index in [0.29, 0.717) is 24.0 Å². The molecule has 0 aliphatic carbocycles. The number of pyridine rings is 1. The smallest absolute Gasteiger partial charge is 0.161 e. The average Bonchev–Trinajstić information content (AvgIpc) is 2.67. The van der Waals surface area contributed by atoms with Crippen molar-refractivity contribution in [3.8, 4) is 17.6 Å². The molecule has 1 aliphatic rings. The number of nitrogens with one attached hydrogen (secondary N) is 1. The number of ether oxygens (including phenoxy) is 1. The number of phenols is 1. The molecular formula is C20H24N4O2. The highest BCUT2D eigenvalue weighted by Gasteiger charge is 2.19.